The number of hydrogen-bond acceptors (Lipinski definition) is 1. The molecule has 0 aliphatic carbocycles. The van der Waals surface area contributed by atoms with Crippen LogP contribution in [0.15, 0.2) is 0 Å². The van der Waals surface area contributed by atoms with Crippen LogP contribution in [0.4, 0.5) is 0 Å². The van der Waals surface area contributed by atoms with Gasteiger partial charge >= 0.3 is 0 Å². The Morgan fingerprint density at radius 3 is 1.25 bits per heavy atom. The van der Waals surface area contributed by atoms with Crippen molar-refractivity contribution < 1.29 is 4.74 Å². The number of alkyl halides is 1. The van der Waals surface area contributed by atoms with E-state index in [1.165, 1.54) is 96.3 Å². The molecule has 0 amide bonds. The van der Waals surface area contributed by atoms with E-state index < -0.39 is 0 Å². The third-order valence-electron chi connectivity index (χ3n) is 4.80. The molecule has 1 nitrogen and oxygen atoms in total. The Morgan fingerprint density at radius 2 is 0.917 bits per heavy atom. The van der Waals surface area contributed by atoms with Crippen LogP contribution in [-0.4, -0.2) is 12.2 Å². The molecule has 0 N–H and O–H groups in total. The van der Waals surface area contributed by atoms with Gasteiger partial charge in [-0.1, -0.05) is 129 Å². The third kappa shape index (κ3) is 18.6. The van der Waals surface area contributed by atoms with E-state index in [0.29, 0.717) is 5.92 Å². The lowest BCUT2D eigenvalue weighted by atomic mass is 10.0. The first-order valence-corrected chi connectivity index (χ1v) is 11.4. The standard InChI is InChI=1S/C22H45ClO/c1-4-5-6-7-8-9-10-11-12-13-14-15-16-17-18-19-20-24-22(23)21(2)3/h21-22H,4-20H2,1-3H3. The second kappa shape index (κ2) is 19.6. The molecule has 0 heterocycles. The van der Waals surface area contributed by atoms with Crippen molar-refractivity contribution >= 4 is 11.6 Å². The molecule has 1 atom stereocenters. The number of unbranched alkanes of at least 4 members (excludes halogenated alkanes) is 15. The lowest BCUT2D eigenvalue weighted by Gasteiger charge is -2.14. The Balaban J connectivity index is 3.03. The van der Waals surface area contributed by atoms with Crippen molar-refractivity contribution in [2.24, 2.45) is 5.92 Å². The normalized spacial score (nSPS) is 12.9. The fourth-order valence-electron chi connectivity index (χ4n) is 3.04. The molecule has 24 heavy (non-hydrogen) atoms. The molecule has 0 saturated carbocycles. The van der Waals surface area contributed by atoms with E-state index in [1.807, 2.05) is 0 Å². The minimum atomic E-state index is -0.110. The van der Waals surface area contributed by atoms with Crippen LogP contribution in [0.2, 0.25) is 0 Å². The maximum absolute atomic E-state index is 6.06. The largest absolute Gasteiger partial charge is 0.362 e. The van der Waals surface area contributed by atoms with Gasteiger partial charge in [0.1, 0.15) is 5.56 Å². The lowest BCUT2D eigenvalue weighted by Crippen LogP contribution is -2.13. The Labute approximate surface area is 158 Å². The Morgan fingerprint density at radius 1 is 0.583 bits per heavy atom. The first-order chi connectivity index (χ1) is 11.7. The minimum Gasteiger partial charge on any atom is -0.362 e. The maximum Gasteiger partial charge on any atom is 0.133 e. The van der Waals surface area contributed by atoms with Gasteiger partial charge in [0.15, 0.2) is 0 Å². The summed E-state index contributed by atoms with van der Waals surface area (Å²) in [5.74, 6) is 0.410. The van der Waals surface area contributed by atoms with E-state index in [9.17, 15) is 0 Å². The highest BCUT2D eigenvalue weighted by Crippen LogP contribution is 2.14. The highest BCUT2D eigenvalue weighted by atomic mass is 35.5. The fraction of sp³-hybridized carbons (Fsp3) is 1.00. The molecule has 0 aliphatic rings. The van der Waals surface area contributed by atoms with Gasteiger partial charge in [-0.05, 0) is 12.3 Å². The van der Waals surface area contributed by atoms with Crippen LogP contribution in [-0.2, 0) is 4.74 Å². The first kappa shape index (κ1) is 24.2. The van der Waals surface area contributed by atoms with E-state index in [1.54, 1.807) is 0 Å². The van der Waals surface area contributed by atoms with Crippen molar-refractivity contribution in [3.63, 3.8) is 0 Å². The first-order valence-electron chi connectivity index (χ1n) is 10.9. The molecule has 0 radical (unpaired) electrons. The summed E-state index contributed by atoms with van der Waals surface area (Å²) >= 11 is 6.06. The number of hydrogen-bond donors (Lipinski definition) is 0. The molecule has 0 aromatic carbocycles. The molecule has 0 bridgehead atoms. The van der Waals surface area contributed by atoms with E-state index in [0.717, 1.165) is 13.0 Å². The molecule has 0 saturated heterocycles. The minimum absolute atomic E-state index is 0.110. The molecule has 1 unspecified atom stereocenters. The van der Waals surface area contributed by atoms with Crippen LogP contribution in [0, 0.1) is 5.92 Å². The topological polar surface area (TPSA) is 9.23 Å². The highest BCUT2D eigenvalue weighted by molar-refractivity contribution is 6.19. The highest BCUT2D eigenvalue weighted by Gasteiger charge is 2.08. The van der Waals surface area contributed by atoms with Crippen LogP contribution in [0.1, 0.15) is 124 Å². The smallest absolute Gasteiger partial charge is 0.133 e. The SMILES string of the molecule is CCCCCCCCCCCCCCCCCCOC(Cl)C(C)C. The van der Waals surface area contributed by atoms with Gasteiger partial charge in [-0.25, -0.2) is 0 Å². The zero-order valence-corrected chi connectivity index (χ0v) is 17.7. The summed E-state index contributed by atoms with van der Waals surface area (Å²) in [5, 5.41) is 0. The molecular weight excluding hydrogens is 316 g/mol. The maximum atomic E-state index is 6.06. The molecule has 0 fully saturated rings. The van der Waals surface area contributed by atoms with Crippen LogP contribution < -0.4 is 0 Å². The predicted molar refractivity (Wildman–Crippen MR) is 110 cm³/mol. The Hall–Kier alpha value is 0.250. The summed E-state index contributed by atoms with van der Waals surface area (Å²) in [7, 11) is 0. The van der Waals surface area contributed by atoms with Crippen LogP contribution >= 0.6 is 11.6 Å². The molecular formula is C22H45ClO. The third-order valence-corrected chi connectivity index (χ3v) is 5.43. The van der Waals surface area contributed by atoms with Crippen molar-refractivity contribution in [3.05, 3.63) is 0 Å². The summed E-state index contributed by atoms with van der Waals surface area (Å²) in [6.07, 6.45) is 22.5. The lowest BCUT2D eigenvalue weighted by molar-refractivity contribution is 0.0754. The van der Waals surface area contributed by atoms with Crippen LogP contribution in [0.25, 0.3) is 0 Å². The van der Waals surface area contributed by atoms with Crippen molar-refractivity contribution in [2.45, 2.75) is 129 Å². The van der Waals surface area contributed by atoms with Gasteiger partial charge in [-0.2, -0.15) is 0 Å². The van der Waals surface area contributed by atoms with E-state index in [2.05, 4.69) is 20.8 Å². The average molecular weight is 361 g/mol. The van der Waals surface area contributed by atoms with Gasteiger partial charge in [0.2, 0.25) is 0 Å². The van der Waals surface area contributed by atoms with Gasteiger partial charge in [0, 0.05) is 6.61 Å². The molecule has 0 rings (SSSR count). The van der Waals surface area contributed by atoms with Gasteiger partial charge in [-0.15, -0.1) is 0 Å². The van der Waals surface area contributed by atoms with Gasteiger partial charge in [0.05, 0.1) is 0 Å². The van der Waals surface area contributed by atoms with Crippen molar-refractivity contribution in [1.29, 1.82) is 0 Å². The van der Waals surface area contributed by atoms with Gasteiger partial charge < -0.3 is 4.74 Å². The zero-order valence-electron chi connectivity index (χ0n) is 17.0. The second-order valence-electron chi connectivity index (χ2n) is 7.77. The van der Waals surface area contributed by atoms with Crippen molar-refractivity contribution in [2.75, 3.05) is 6.61 Å². The van der Waals surface area contributed by atoms with E-state index in [-0.39, 0.29) is 5.56 Å². The number of ether oxygens (including phenoxy) is 1. The van der Waals surface area contributed by atoms with E-state index in [4.69, 9.17) is 16.3 Å². The zero-order chi connectivity index (χ0) is 17.9. The molecule has 0 aromatic heterocycles. The van der Waals surface area contributed by atoms with Crippen LogP contribution in [0.5, 0.6) is 0 Å². The van der Waals surface area contributed by atoms with Gasteiger partial charge in [0.25, 0.3) is 0 Å². The van der Waals surface area contributed by atoms with Crippen molar-refractivity contribution in [1.82, 2.24) is 0 Å². The molecule has 0 aromatic rings. The molecule has 146 valence electrons. The average Bonchev–Trinajstić information content (AvgIpc) is 2.57. The predicted octanol–water partition coefficient (Wildman–Crippen LogP) is 8.49. The summed E-state index contributed by atoms with van der Waals surface area (Å²) in [5.41, 5.74) is -0.110. The molecule has 0 aliphatic heterocycles. The monoisotopic (exact) mass is 360 g/mol. The molecule has 0 spiro atoms. The summed E-state index contributed by atoms with van der Waals surface area (Å²) in [4.78, 5) is 0. The Bertz CT molecular complexity index is 230. The van der Waals surface area contributed by atoms with E-state index >= 15 is 0 Å². The summed E-state index contributed by atoms with van der Waals surface area (Å²) in [6.45, 7) is 7.32. The summed E-state index contributed by atoms with van der Waals surface area (Å²) in [6, 6.07) is 0. The quantitative estimate of drug-likeness (QED) is 0.166. The fourth-order valence-corrected chi connectivity index (χ4v) is 3.13. The second-order valence-corrected chi connectivity index (χ2v) is 8.20. The van der Waals surface area contributed by atoms with Crippen LogP contribution in [0.3, 0.4) is 0 Å². The Kier molecular flexibility index (Phi) is 19.8. The van der Waals surface area contributed by atoms with Gasteiger partial charge in [-0.3, -0.25) is 0 Å². The summed E-state index contributed by atoms with van der Waals surface area (Å²) < 4.78 is 5.59. The van der Waals surface area contributed by atoms with Crippen molar-refractivity contribution in [3.8, 4) is 0 Å². The molecule has 2 heteroatoms. The number of rotatable bonds is 19. The number of halogens is 1.